The molecule has 2 atom stereocenters. The third-order valence-corrected chi connectivity index (χ3v) is 5.42. The molecule has 2 saturated heterocycles. The number of hydrogen-bond acceptors (Lipinski definition) is 3. The molecule has 2 heterocycles. The van der Waals surface area contributed by atoms with E-state index in [9.17, 15) is 14.8 Å². The Hall–Kier alpha value is -2.66. The smallest absolute Gasteiger partial charge is 0.272 e. The lowest BCUT2D eigenvalue weighted by atomic mass is 9.79. The van der Waals surface area contributed by atoms with Crippen LogP contribution in [0.2, 0.25) is 0 Å². The SMILES string of the molecule is O=C1CC[C@@]2(C(=O)N(O)C[C@@H]2c2ccccc2)N1Cc1ccccc1. The van der Waals surface area contributed by atoms with Crippen LogP contribution in [0.5, 0.6) is 0 Å². The van der Waals surface area contributed by atoms with Crippen LogP contribution >= 0.6 is 0 Å². The first-order valence-electron chi connectivity index (χ1n) is 8.53. The average Bonchev–Trinajstić information content (AvgIpc) is 3.10. The molecule has 2 aliphatic rings. The van der Waals surface area contributed by atoms with Gasteiger partial charge in [-0.2, -0.15) is 0 Å². The van der Waals surface area contributed by atoms with Gasteiger partial charge in [-0.15, -0.1) is 0 Å². The molecule has 2 aromatic carbocycles. The summed E-state index contributed by atoms with van der Waals surface area (Å²) in [4.78, 5) is 27.3. The van der Waals surface area contributed by atoms with Crippen LogP contribution in [0.25, 0.3) is 0 Å². The Morgan fingerprint density at radius 3 is 2.32 bits per heavy atom. The predicted octanol–water partition coefficient (Wildman–Crippen LogP) is 2.56. The molecule has 0 saturated carbocycles. The normalized spacial score (nSPS) is 26.0. The van der Waals surface area contributed by atoms with Crippen LogP contribution in [0.4, 0.5) is 0 Å². The van der Waals surface area contributed by atoms with E-state index in [1.807, 2.05) is 60.7 Å². The van der Waals surface area contributed by atoms with Crippen molar-refractivity contribution in [1.29, 1.82) is 0 Å². The van der Waals surface area contributed by atoms with Gasteiger partial charge in [0.1, 0.15) is 5.54 Å². The summed E-state index contributed by atoms with van der Waals surface area (Å²) in [5, 5.41) is 11.0. The molecular weight excluding hydrogens is 316 g/mol. The molecule has 5 nitrogen and oxygen atoms in total. The lowest BCUT2D eigenvalue weighted by Gasteiger charge is -2.37. The minimum absolute atomic E-state index is 0.0339. The molecule has 0 aliphatic carbocycles. The van der Waals surface area contributed by atoms with Gasteiger partial charge in [0.15, 0.2) is 0 Å². The molecule has 128 valence electrons. The van der Waals surface area contributed by atoms with Crippen LogP contribution in [-0.2, 0) is 16.1 Å². The van der Waals surface area contributed by atoms with Crippen molar-refractivity contribution in [2.45, 2.75) is 30.8 Å². The number of likely N-dealkylation sites (tertiary alicyclic amines) is 1. The Morgan fingerprint density at radius 1 is 1.00 bits per heavy atom. The fourth-order valence-corrected chi connectivity index (χ4v) is 4.22. The third kappa shape index (κ3) is 2.43. The zero-order valence-corrected chi connectivity index (χ0v) is 13.8. The van der Waals surface area contributed by atoms with E-state index in [1.165, 1.54) is 0 Å². The second-order valence-electron chi connectivity index (χ2n) is 6.74. The zero-order valence-electron chi connectivity index (χ0n) is 13.8. The second-order valence-corrected chi connectivity index (χ2v) is 6.74. The van der Waals surface area contributed by atoms with Crippen molar-refractivity contribution >= 4 is 11.8 Å². The summed E-state index contributed by atoms with van der Waals surface area (Å²) in [7, 11) is 0. The van der Waals surface area contributed by atoms with E-state index in [4.69, 9.17) is 0 Å². The van der Waals surface area contributed by atoms with Crippen molar-refractivity contribution in [3.63, 3.8) is 0 Å². The van der Waals surface area contributed by atoms with Crippen LogP contribution in [0, 0.1) is 0 Å². The van der Waals surface area contributed by atoms with Crippen molar-refractivity contribution in [3.05, 3.63) is 71.8 Å². The zero-order chi connectivity index (χ0) is 17.4. The molecule has 0 bridgehead atoms. The van der Waals surface area contributed by atoms with E-state index < -0.39 is 5.54 Å². The number of rotatable bonds is 3. The van der Waals surface area contributed by atoms with Crippen molar-refractivity contribution < 1.29 is 14.8 Å². The van der Waals surface area contributed by atoms with Crippen LogP contribution in [0.3, 0.4) is 0 Å². The molecule has 2 amide bonds. The second kappa shape index (κ2) is 6.01. The largest absolute Gasteiger partial charge is 0.323 e. The maximum absolute atomic E-state index is 12.9. The summed E-state index contributed by atoms with van der Waals surface area (Å²) in [6.07, 6.45) is 0.768. The Labute approximate surface area is 146 Å². The van der Waals surface area contributed by atoms with Crippen molar-refractivity contribution in [2.75, 3.05) is 6.54 Å². The summed E-state index contributed by atoms with van der Waals surface area (Å²) in [5.74, 6) is -0.641. The van der Waals surface area contributed by atoms with Gasteiger partial charge >= 0.3 is 0 Å². The van der Waals surface area contributed by atoms with Crippen molar-refractivity contribution in [3.8, 4) is 0 Å². The first kappa shape index (κ1) is 15.8. The third-order valence-electron chi connectivity index (χ3n) is 5.42. The predicted molar refractivity (Wildman–Crippen MR) is 91.6 cm³/mol. The van der Waals surface area contributed by atoms with Crippen LogP contribution in [0.1, 0.15) is 29.9 Å². The quantitative estimate of drug-likeness (QED) is 0.877. The first-order valence-corrected chi connectivity index (χ1v) is 8.53. The highest BCUT2D eigenvalue weighted by Crippen LogP contribution is 2.48. The van der Waals surface area contributed by atoms with Gasteiger partial charge < -0.3 is 4.90 Å². The maximum atomic E-state index is 12.9. The summed E-state index contributed by atoms with van der Waals surface area (Å²) in [5.41, 5.74) is 0.955. The van der Waals surface area contributed by atoms with E-state index in [0.717, 1.165) is 16.2 Å². The summed E-state index contributed by atoms with van der Waals surface area (Å²) >= 11 is 0. The monoisotopic (exact) mass is 336 g/mol. The standard InChI is InChI=1S/C20H20N2O3/c23-18-11-12-20(21(18)13-15-7-3-1-4-8-15)17(14-22(25)19(20)24)16-9-5-2-6-10-16/h1-10,17,25H,11-14H2/t17-,20-/m1/s1. The number of amides is 2. The molecule has 4 rings (SSSR count). The Bertz CT molecular complexity index is 793. The van der Waals surface area contributed by atoms with E-state index in [0.29, 0.717) is 19.4 Å². The number of nitrogens with zero attached hydrogens (tertiary/aromatic N) is 2. The molecule has 0 radical (unpaired) electrons. The summed E-state index contributed by atoms with van der Waals surface area (Å²) in [6, 6.07) is 19.4. The van der Waals surface area contributed by atoms with Gasteiger partial charge in [0.25, 0.3) is 5.91 Å². The molecule has 1 N–H and O–H groups in total. The first-order chi connectivity index (χ1) is 12.1. The van der Waals surface area contributed by atoms with E-state index in [1.54, 1.807) is 4.90 Å². The molecule has 2 fully saturated rings. The maximum Gasteiger partial charge on any atom is 0.272 e. The van der Waals surface area contributed by atoms with Gasteiger partial charge in [0, 0.05) is 18.9 Å². The fraction of sp³-hybridized carbons (Fsp3) is 0.300. The molecule has 2 aliphatic heterocycles. The van der Waals surface area contributed by atoms with Gasteiger partial charge in [-0.25, -0.2) is 5.06 Å². The van der Waals surface area contributed by atoms with Gasteiger partial charge in [-0.1, -0.05) is 60.7 Å². The number of hydrogen-bond donors (Lipinski definition) is 1. The van der Waals surface area contributed by atoms with E-state index in [-0.39, 0.29) is 24.3 Å². The number of hydroxylamine groups is 2. The lowest BCUT2D eigenvalue weighted by molar-refractivity contribution is -0.166. The molecule has 5 heteroatoms. The minimum atomic E-state index is -0.997. The molecule has 25 heavy (non-hydrogen) atoms. The van der Waals surface area contributed by atoms with Gasteiger partial charge in [0.05, 0.1) is 6.54 Å². The number of carbonyl (C=O) groups is 2. The number of benzene rings is 2. The molecule has 0 unspecified atom stereocenters. The van der Waals surface area contributed by atoms with Crippen molar-refractivity contribution in [2.24, 2.45) is 0 Å². The molecule has 0 aromatic heterocycles. The molecular formula is C20H20N2O3. The summed E-state index contributed by atoms with van der Waals surface area (Å²) < 4.78 is 0. The van der Waals surface area contributed by atoms with Gasteiger partial charge in [-0.3, -0.25) is 14.8 Å². The fourth-order valence-electron chi connectivity index (χ4n) is 4.22. The molecule has 1 spiro atoms. The highest BCUT2D eigenvalue weighted by molar-refractivity contribution is 5.97. The van der Waals surface area contributed by atoms with Gasteiger partial charge in [-0.05, 0) is 17.5 Å². The van der Waals surface area contributed by atoms with Crippen molar-refractivity contribution in [1.82, 2.24) is 9.96 Å². The van der Waals surface area contributed by atoms with Crippen LogP contribution in [0.15, 0.2) is 60.7 Å². The Kier molecular flexibility index (Phi) is 3.81. The van der Waals surface area contributed by atoms with E-state index >= 15 is 0 Å². The lowest BCUT2D eigenvalue weighted by Crippen LogP contribution is -2.53. The highest BCUT2D eigenvalue weighted by atomic mass is 16.5. The Morgan fingerprint density at radius 2 is 1.64 bits per heavy atom. The van der Waals surface area contributed by atoms with E-state index in [2.05, 4.69) is 0 Å². The summed E-state index contributed by atoms with van der Waals surface area (Å²) in [6.45, 7) is 0.587. The van der Waals surface area contributed by atoms with Gasteiger partial charge in [0.2, 0.25) is 5.91 Å². The minimum Gasteiger partial charge on any atom is -0.323 e. The highest BCUT2D eigenvalue weighted by Gasteiger charge is 2.62. The topological polar surface area (TPSA) is 60.9 Å². The Balaban J connectivity index is 1.77. The van der Waals surface area contributed by atoms with Crippen LogP contribution < -0.4 is 0 Å². The molecule has 2 aromatic rings. The number of carbonyl (C=O) groups excluding carboxylic acids is 2. The average molecular weight is 336 g/mol. The van der Waals surface area contributed by atoms with Crippen LogP contribution in [-0.4, -0.2) is 39.1 Å².